The number of ether oxygens (including phenoxy) is 1. The van der Waals surface area contributed by atoms with Gasteiger partial charge in [-0.2, -0.15) is 4.98 Å². The van der Waals surface area contributed by atoms with Crippen LogP contribution < -0.4 is 10.1 Å². The van der Waals surface area contributed by atoms with Crippen molar-refractivity contribution in [3.8, 4) is 17.0 Å². The molecular formula is C23H22FN3O. The standard InChI is InChI=1S/C23H22FN3O/c1-15-7-10-19(24)13-20(15)17-9-8-16-12-22(27(2)14-18(16)11-17)25-21-5-4-6-23(26-21)28-3/h4-13H,14H2,1-3H3,(H,25,26). The Morgan fingerprint density at radius 1 is 1.11 bits per heavy atom. The first-order chi connectivity index (χ1) is 13.5. The van der Waals surface area contributed by atoms with Crippen molar-refractivity contribution in [3.05, 3.63) is 82.9 Å². The summed E-state index contributed by atoms with van der Waals surface area (Å²) in [6, 6.07) is 16.8. The molecule has 2 heterocycles. The third-order valence-electron chi connectivity index (χ3n) is 4.95. The first-order valence-electron chi connectivity index (χ1n) is 9.14. The summed E-state index contributed by atoms with van der Waals surface area (Å²) in [7, 11) is 3.63. The van der Waals surface area contributed by atoms with Gasteiger partial charge in [0.1, 0.15) is 17.5 Å². The minimum atomic E-state index is -0.215. The Labute approximate surface area is 164 Å². The number of benzene rings is 2. The van der Waals surface area contributed by atoms with Crippen LogP contribution in [0.1, 0.15) is 16.7 Å². The Kier molecular flexibility index (Phi) is 4.74. The van der Waals surface area contributed by atoms with E-state index in [2.05, 4.69) is 33.4 Å². The quantitative estimate of drug-likeness (QED) is 0.692. The predicted octanol–water partition coefficient (Wildman–Crippen LogP) is 5.06. The largest absolute Gasteiger partial charge is 0.481 e. The predicted molar refractivity (Wildman–Crippen MR) is 110 cm³/mol. The van der Waals surface area contributed by atoms with E-state index in [1.807, 2.05) is 44.3 Å². The fourth-order valence-electron chi connectivity index (χ4n) is 3.42. The molecule has 0 bridgehead atoms. The fourth-order valence-corrected chi connectivity index (χ4v) is 3.42. The molecule has 0 radical (unpaired) electrons. The zero-order chi connectivity index (χ0) is 19.7. The van der Waals surface area contributed by atoms with Crippen LogP contribution in [0.3, 0.4) is 0 Å². The molecule has 0 spiro atoms. The average Bonchev–Trinajstić information content (AvgIpc) is 2.70. The maximum Gasteiger partial charge on any atom is 0.214 e. The monoisotopic (exact) mass is 375 g/mol. The zero-order valence-corrected chi connectivity index (χ0v) is 16.2. The van der Waals surface area contributed by atoms with Crippen molar-refractivity contribution in [2.24, 2.45) is 0 Å². The second-order valence-corrected chi connectivity index (χ2v) is 6.95. The van der Waals surface area contributed by atoms with Crippen molar-refractivity contribution in [1.82, 2.24) is 9.88 Å². The zero-order valence-electron chi connectivity index (χ0n) is 16.2. The molecule has 1 N–H and O–H groups in total. The number of methoxy groups -OCH3 is 1. The molecule has 0 amide bonds. The fraction of sp³-hybridized carbons (Fsp3) is 0.174. The Morgan fingerprint density at radius 2 is 1.96 bits per heavy atom. The summed E-state index contributed by atoms with van der Waals surface area (Å²) in [6.07, 6.45) is 2.10. The van der Waals surface area contributed by atoms with Gasteiger partial charge in [-0.3, -0.25) is 0 Å². The van der Waals surface area contributed by atoms with Gasteiger partial charge in [0.15, 0.2) is 0 Å². The van der Waals surface area contributed by atoms with Gasteiger partial charge in [-0.15, -0.1) is 0 Å². The van der Waals surface area contributed by atoms with Gasteiger partial charge in [0.2, 0.25) is 5.88 Å². The molecule has 1 aliphatic heterocycles. The molecule has 5 heteroatoms. The van der Waals surface area contributed by atoms with E-state index in [4.69, 9.17) is 4.74 Å². The van der Waals surface area contributed by atoms with Crippen LogP contribution in [-0.4, -0.2) is 24.0 Å². The molecule has 4 rings (SSSR count). The van der Waals surface area contributed by atoms with Crippen LogP contribution in [0.15, 0.2) is 60.4 Å². The van der Waals surface area contributed by atoms with Crippen molar-refractivity contribution in [1.29, 1.82) is 0 Å². The van der Waals surface area contributed by atoms with E-state index in [1.54, 1.807) is 13.2 Å². The minimum absolute atomic E-state index is 0.215. The minimum Gasteiger partial charge on any atom is -0.481 e. The van der Waals surface area contributed by atoms with E-state index >= 15 is 0 Å². The van der Waals surface area contributed by atoms with Crippen molar-refractivity contribution in [3.63, 3.8) is 0 Å². The Hall–Kier alpha value is -3.34. The normalized spacial score (nSPS) is 13.0. The van der Waals surface area contributed by atoms with E-state index in [0.717, 1.165) is 40.4 Å². The van der Waals surface area contributed by atoms with Crippen LogP contribution in [0.25, 0.3) is 17.2 Å². The number of halogens is 1. The summed E-state index contributed by atoms with van der Waals surface area (Å²) in [5.41, 5.74) is 5.36. The number of nitrogens with one attached hydrogen (secondary N) is 1. The Balaban J connectivity index is 1.65. The highest BCUT2D eigenvalue weighted by Crippen LogP contribution is 2.31. The first-order valence-corrected chi connectivity index (χ1v) is 9.14. The molecule has 0 aliphatic carbocycles. The van der Waals surface area contributed by atoms with Crippen molar-refractivity contribution in [2.45, 2.75) is 13.5 Å². The number of nitrogens with zero attached hydrogens (tertiary/aromatic N) is 2. The summed E-state index contributed by atoms with van der Waals surface area (Å²) in [6.45, 7) is 2.75. The topological polar surface area (TPSA) is 37.4 Å². The summed E-state index contributed by atoms with van der Waals surface area (Å²) >= 11 is 0. The molecule has 28 heavy (non-hydrogen) atoms. The maximum absolute atomic E-state index is 13.7. The number of anilines is 1. The van der Waals surface area contributed by atoms with Gasteiger partial charge >= 0.3 is 0 Å². The van der Waals surface area contributed by atoms with Crippen LogP contribution in [0.2, 0.25) is 0 Å². The van der Waals surface area contributed by atoms with E-state index in [-0.39, 0.29) is 5.82 Å². The molecule has 3 aromatic rings. The number of aromatic nitrogens is 1. The average molecular weight is 375 g/mol. The molecular weight excluding hydrogens is 353 g/mol. The number of hydrogen-bond donors (Lipinski definition) is 1. The van der Waals surface area contributed by atoms with Crippen LogP contribution >= 0.6 is 0 Å². The van der Waals surface area contributed by atoms with Crippen LogP contribution in [0, 0.1) is 12.7 Å². The van der Waals surface area contributed by atoms with Crippen molar-refractivity contribution < 1.29 is 9.13 Å². The molecule has 1 aliphatic rings. The lowest BCUT2D eigenvalue weighted by Crippen LogP contribution is -2.26. The van der Waals surface area contributed by atoms with Gasteiger partial charge in [-0.05, 0) is 65.1 Å². The van der Waals surface area contributed by atoms with E-state index in [0.29, 0.717) is 5.88 Å². The van der Waals surface area contributed by atoms with Crippen LogP contribution in [0.4, 0.5) is 10.2 Å². The SMILES string of the molecule is COc1cccc(NC2=Cc3ccc(-c4cc(F)ccc4C)cc3CN2C)n1. The lowest BCUT2D eigenvalue weighted by molar-refractivity contribution is 0.397. The number of pyridine rings is 1. The first kappa shape index (κ1) is 18.0. The molecule has 0 unspecified atom stereocenters. The second kappa shape index (κ2) is 7.35. The van der Waals surface area contributed by atoms with Crippen molar-refractivity contribution in [2.75, 3.05) is 19.5 Å². The van der Waals surface area contributed by atoms with Gasteiger partial charge in [0, 0.05) is 19.7 Å². The van der Waals surface area contributed by atoms with Gasteiger partial charge in [0.05, 0.1) is 7.11 Å². The molecule has 1 aromatic heterocycles. The lowest BCUT2D eigenvalue weighted by atomic mass is 9.94. The van der Waals surface area contributed by atoms with Gasteiger partial charge in [-0.25, -0.2) is 4.39 Å². The molecule has 142 valence electrons. The smallest absolute Gasteiger partial charge is 0.214 e. The molecule has 0 fully saturated rings. The highest BCUT2D eigenvalue weighted by molar-refractivity contribution is 5.72. The summed E-state index contributed by atoms with van der Waals surface area (Å²) in [4.78, 5) is 6.54. The van der Waals surface area contributed by atoms with E-state index in [1.165, 1.54) is 11.6 Å². The number of hydrogen-bond acceptors (Lipinski definition) is 4. The summed E-state index contributed by atoms with van der Waals surface area (Å²) < 4.78 is 18.9. The lowest BCUT2D eigenvalue weighted by Gasteiger charge is -2.29. The molecule has 2 aromatic carbocycles. The van der Waals surface area contributed by atoms with Crippen LogP contribution in [-0.2, 0) is 6.54 Å². The highest BCUT2D eigenvalue weighted by Gasteiger charge is 2.17. The van der Waals surface area contributed by atoms with Gasteiger partial charge in [-0.1, -0.05) is 24.3 Å². The number of fused-ring (bicyclic) bond motifs is 1. The molecule has 0 saturated carbocycles. The highest BCUT2D eigenvalue weighted by atomic mass is 19.1. The van der Waals surface area contributed by atoms with Gasteiger partial charge in [0.25, 0.3) is 0 Å². The Bertz CT molecular complexity index is 1060. The maximum atomic E-state index is 13.7. The number of rotatable bonds is 4. The van der Waals surface area contributed by atoms with Crippen LogP contribution in [0.5, 0.6) is 5.88 Å². The van der Waals surface area contributed by atoms with E-state index in [9.17, 15) is 4.39 Å². The number of aryl methyl sites for hydroxylation is 1. The van der Waals surface area contributed by atoms with Crippen molar-refractivity contribution >= 4 is 11.9 Å². The summed E-state index contributed by atoms with van der Waals surface area (Å²) in [5.74, 6) is 2.04. The molecule has 0 saturated heterocycles. The summed E-state index contributed by atoms with van der Waals surface area (Å²) in [5, 5.41) is 3.36. The third kappa shape index (κ3) is 3.56. The Morgan fingerprint density at radius 3 is 2.79 bits per heavy atom. The molecule has 0 atom stereocenters. The van der Waals surface area contributed by atoms with Gasteiger partial charge < -0.3 is 15.0 Å². The second-order valence-electron chi connectivity index (χ2n) is 6.95. The third-order valence-corrected chi connectivity index (χ3v) is 4.95. The molecule has 4 nitrogen and oxygen atoms in total. The van der Waals surface area contributed by atoms with E-state index < -0.39 is 0 Å².